The Hall–Kier alpha value is -1.36. The van der Waals surface area contributed by atoms with E-state index in [0.717, 1.165) is 5.56 Å². The van der Waals surface area contributed by atoms with Crippen LogP contribution in [0.25, 0.3) is 0 Å². The van der Waals surface area contributed by atoms with Gasteiger partial charge in [-0.3, -0.25) is 9.48 Å². The first-order chi connectivity index (χ1) is 7.19. The van der Waals surface area contributed by atoms with Crippen LogP contribution in [0.1, 0.15) is 12.0 Å². The average molecular weight is 209 g/mol. The summed E-state index contributed by atoms with van der Waals surface area (Å²) in [4.78, 5) is 13.3. The zero-order valence-electron chi connectivity index (χ0n) is 8.76. The van der Waals surface area contributed by atoms with Gasteiger partial charge < -0.3 is 10.0 Å². The Balaban J connectivity index is 1.98. The third kappa shape index (κ3) is 2.18. The average Bonchev–Trinajstić information content (AvgIpc) is 2.75. The molecule has 0 radical (unpaired) electrons. The van der Waals surface area contributed by atoms with Crippen molar-refractivity contribution in [1.82, 2.24) is 14.7 Å². The number of aliphatic hydroxyl groups excluding tert-OH is 1. The van der Waals surface area contributed by atoms with E-state index in [1.165, 1.54) is 0 Å². The summed E-state index contributed by atoms with van der Waals surface area (Å²) in [6, 6.07) is 0. The van der Waals surface area contributed by atoms with E-state index in [4.69, 9.17) is 5.11 Å². The highest BCUT2D eigenvalue weighted by Gasteiger charge is 2.28. The summed E-state index contributed by atoms with van der Waals surface area (Å²) >= 11 is 0. The zero-order chi connectivity index (χ0) is 10.8. The molecule has 15 heavy (non-hydrogen) atoms. The Morgan fingerprint density at radius 1 is 1.67 bits per heavy atom. The Labute approximate surface area is 88.3 Å². The van der Waals surface area contributed by atoms with Gasteiger partial charge in [0.2, 0.25) is 5.91 Å². The van der Waals surface area contributed by atoms with Gasteiger partial charge in [-0.25, -0.2) is 0 Å². The molecule has 5 nitrogen and oxygen atoms in total. The van der Waals surface area contributed by atoms with Crippen LogP contribution in [0.3, 0.4) is 0 Å². The van der Waals surface area contributed by atoms with E-state index in [1.807, 2.05) is 13.2 Å². The minimum Gasteiger partial charge on any atom is -0.396 e. The molecular weight excluding hydrogens is 194 g/mol. The van der Waals surface area contributed by atoms with Gasteiger partial charge in [-0.1, -0.05) is 0 Å². The fraction of sp³-hybridized carbons (Fsp3) is 0.600. The first-order valence-corrected chi connectivity index (χ1v) is 5.05. The lowest BCUT2D eigenvalue weighted by Gasteiger charge is -2.14. The molecule has 1 fully saturated rings. The van der Waals surface area contributed by atoms with E-state index in [0.29, 0.717) is 19.5 Å². The van der Waals surface area contributed by atoms with Crippen molar-refractivity contribution in [3.63, 3.8) is 0 Å². The molecule has 0 aromatic carbocycles. The number of rotatable bonds is 3. The summed E-state index contributed by atoms with van der Waals surface area (Å²) in [6.45, 7) is 1.35. The molecular formula is C10H15N3O2. The van der Waals surface area contributed by atoms with Crippen molar-refractivity contribution in [1.29, 1.82) is 0 Å². The van der Waals surface area contributed by atoms with Crippen LogP contribution in [0.15, 0.2) is 12.4 Å². The van der Waals surface area contributed by atoms with Crippen LogP contribution in [0.2, 0.25) is 0 Å². The maximum absolute atomic E-state index is 11.5. The van der Waals surface area contributed by atoms with Crippen LogP contribution < -0.4 is 0 Å². The molecule has 0 aliphatic carbocycles. The molecule has 2 rings (SSSR count). The molecule has 1 amide bonds. The molecule has 1 saturated heterocycles. The molecule has 1 N–H and O–H groups in total. The van der Waals surface area contributed by atoms with Gasteiger partial charge in [0.1, 0.15) is 0 Å². The molecule has 0 bridgehead atoms. The van der Waals surface area contributed by atoms with Crippen molar-refractivity contribution in [3.8, 4) is 0 Å². The van der Waals surface area contributed by atoms with Crippen LogP contribution >= 0.6 is 0 Å². The maximum Gasteiger partial charge on any atom is 0.223 e. The summed E-state index contributed by atoms with van der Waals surface area (Å²) in [5.74, 6) is 0.229. The number of hydrogen-bond donors (Lipinski definition) is 1. The summed E-state index contributed by atoms with van der Waals surface area (Å²) in [6.07, 6.45) is 4.13. The number of aliphatic hydroxyl groups is 1. The van der Waals surface area contributed by atoms with Gasteiger partial charge >= 0.3 is 0 Å². The number of aromatic nitrogens is 2. The van der Waals surface area contributed by atoms with E-state index in [2.05, 4.69) is 5.10 Å². The molecule has 1 aromatic heterocycles. The molecule has 1 aliphatic heterocycles. The molecule has 0 saturated carbocycles. The fourth-order valence-corrected chi connectivity index (χ4v) is 1.90. The van der Waals surface area contributed by atoms with Crippen molar-refractivity contribution in [2.45, 2.75) is 13.0 Å². The summed E-state index contributed by atoms with van der Waals surface area (Å²) in [5, 5.41) is 13.0. The topological polar surface area (TPSA) is 58.4 Å². The largest absolute Gasteiger partial charge is 0.396 e. The highest BCUT2D eigenvalue weighted by atomic mass is 16.3. The number of amides is 1. The predicted octanol–water partition coefficient (Wildman–Crippen LogP) is -0.239. The quantitative estimate of drug-likeness (QED) is 0.747. The van der Waals surface area contributed by atoms with Crippen LogP contribution in [-0.2, 0) is 18.4 Å². The van der Waals surface area contributed by atoms with Crippen LogP contribution in [-0.4, -0.2) is 38.8 Å². The lowest BCUT2D eigenvalue weighted by atomic mass is 10.1. The van der Waals surface area contributed by atoms with Crippen LogP contribution in [0.4, 0.5) is 0 Å². The molecule has 1 unspecified atom stereocenters. The number of hydrogen-bond acceptors (Lipinski definition) is 3. The van der Waals surface area contributed by atoms with E-state index in [9.17, 15) is 4.79 Å². The van der Waals surface area contributed by atoms with Crippen molar-refractivity contribution >= 4 is 5.91 Å². The van der Waals surface area contributed by atoms with Gasteiger partial charge in [-0.05, 0) is 0 Å². The molecule has 2 heterocycles. The number of carbonyl (C=O) groups is 1. The van der Waals surface area contributed by atoms with Gasteiger partial charge in [0, 0.05) is 50.8 Å². The van der Waals surface area contributed by atoms with Crippen molar-refractivity contribution in [2.75, 3.05) is 13.2 Å². The summed E-state index contributed by atoms with van der Waals surface area (Å²) < 4.78 is 1.72. The second kappa shape index (κ2) is 4.02. The smallest absolute Gasteiger partial charge is 0.223 e. The highest BCUT2D eigenvalue weighted by molar-refractivity contribution is 5.78. The van der Waals surface area contributed by atoms with Gasteiger partial charge in [0.15, 0.2) is 0 Å². The lowest BCUT2D eigenvalue weighted by molar-refractivity contribution is -0.128. The van der Waals surface area contributed by atoms with Crippen molar-refractivity contribution < 1.29 is 9.90 Å². The standard InChI is InChI=1S/C10H15N3O2/c1-12-4-9(3-11-12)6-13-5-8(7-14)2-10(13)15/h3-4,8,14H,2,5-7H2,1H3. The molecule has 1 aromatic rings. The summed E-state index contributed by atoms with van der Waals surface area (Å²) in [7, 11) is 1.85. The molecule has 0 spiro atoms. The number of likely N-dealkylation sites (tertiary alicyclic amines) is 1. The van der Waals surface area contributed by atoms with Crippen molar-refractivity contribution in [2.24, 2.45) is 13.0 Å². The third-order valence-electron chi connectivity index (χ3n) is 2.68. The summed E-state index contributed by atoms with van der Waals surface area (Å²) in [5.41, 5.74) is 1.03. The van der Waals surface area contributed by atoms with Crippen molar-refractivity contribution in [3.05, 3.63) is 18.0 Å². The number of aryl methyl sites for hydroxylation is 1. The molecule has 5 heteroatoms. The third-order valence-corrected chi connectivity index (χ3v) is 2.68. The monoisotopic (exact) mass is 209 g/mol. The van der Waals surface area contributed by atoms with E-state index in [-0.39, 0.29) is 18.4 Å². The minimum atomic E-state index is 0.0925. The minimum absolute atomic E-state index is 0.0925. The first-order valence-electron chi connectivity index (χ1n) is 5.05. The predicted molar refractivity (Wildman–Crippen MR) is 53.8 cm³/mol. The van der Waals surface area contributed by atoms with Gasteiger partial charge in [0.25, 0.3) is 0 Å². The maximum atomic E-state index is 11.5. The number of nitrogens with zero attached hydrogens (tertiary/aromatic N) is 3. The van der Waals surface area contributed by atoms with E-state index >= 15 is 0 Å². The Kier molecular flexibility index (Phi) is 2.73. The Morgan fingerprint density at radius 3 is 3.00 bits per heavy atom. The number of carbonyl (C=O) groups excluding carboxylic acids is 1. The lowest BCUT2D eigenvalue weighted by Crippen LogP contribution is -2.24. The van der Waals surface area contributed by atoms with Crippen LogP contribution in [0, 0.1) is 5.92 Å². The SMILES string of the molecule is Cn1cc(CN2CC(CO)CC2=O)cn1. The normalized spacial score (nSPS) is 21.3. The molecule has 1 atom stereocenters. The van der Waals surface area contributed by atoms with Gasteiger partial charge in [0.05, 0.1) is 6.20 Å². The fourth-order valence-electron chi connectivity index (χ4n) is 1.90. The zero-order valence-corrected chi connectivity index (χ0v) is 8.76. The molecule has 1 aliphatic rings. The Morgan fingerprint density at radius 2 is 2.47 bits per heavy atom. The van der Waals surface area contributed by atoms with Gasteiger partial charge in [-0.15, -0.1) is 0 Å². The molecule has 82 valence electrons. The van der Waals surface area contributed by atoms with E-state index in [1.54, 1.807) is 15.8 Å². The second-order valence-corrected chi connectivity index (χ2v) is 4.05. The highest BCUT2D eigenvalue weighted by Crippen LogP contribution is 2.19. The van der Waals surface area contributed by atoms with E-state index < -0.39 is 0 Å². The second-order valence-electron chi connectivity index (χ2n) is 4.05. The van der Waals surface area contributed by atoms with Crippen LogP contribution in [0.5, 0.6) is 0 Å². The first kappa shape index (κ1) is 10.2. The van der Waals surface area contributed by atoms with Gasteiger partial charge in [-0.2, -0.15) is 5.10 Å². The Bertz CT molecular complexity index is 361.